The van der Waals surface area contributed by atoms with E-state index in [4.69, 9.17) is 0 Å². The van der Waals surface area contributed by atoms with E-state index in [1.54, 1.807) is 0 Å². The Hall–Kier alpha value is -2.43. The lowest BCUT2D eigenvalue weighted by Crippen LogP contribution is -2.24. The van der Waals surface area contributed by atoms with Gasteiger partial charge in [0.15, 0.2) is 5.82 Å². The molecule has 0 N–H and O–H groups in total. The van der Waals surface area contributed by atoms with Crippen molar-refractivity contribution >= 4 is 11.5 Å². The van der Waals surface area contributed by atoms with Gasteiger partial charge in [0.05, 0.1) is 6.04 Å². The van der Waals surface area contributed by atoms with Crippen molar-refractivity contribution in [2.75, 3.05) is 11.9 Å². The molecule has 0 bridgehead atoms. The van der Waals surface area contributed by atoms with Gasteiger partial charge in [-0.25, -0.2) is 4.98 Å². The highest BCUT2D eigenvalue weighted by Crippen LogP contribution is 2.41. The van der Waals surface area contributed by atoms with E-state index in [9.17, 15) is 0 Å². The van der Waals surface area contributed by atoms with Gasteiger partial charge in [-0.2, -0.15) is 0 Å². The van der Waals surface area contributed by atoms with Crippen LogP contribution < -0.4 is 4.90 Å². The summed E-state index contributed by atoms with van der Waals surface area (Å²) in [5.74, 6) is 2.59. The Balaban J connectivity index is 1.58. The van der Waals surface area contributed by atoms with Gasteiger partial charge in [-0.05, 0) is 36.8 Å². The molecular weight excluding hydrogens is 286 g/mol. The fourth-order valence-corrected chi connectivity index (χ4v) is 3.78. The highest BCUT2D eigenvalue weighted by atomic mass is 15.3. The first-order valence-corrected chi connectivity index (χ1v) is 8.33. The Kier molecular flexibility index (Phi) is 2.71. The van der Waals surface area contributed by atoms with Crippen LogP contribution in [0, 0.1) is 0 Å². The van der Waals surface area contributed by atoms with Gasteiger partial charge in [-0.3, -0.25) is 4.40 Å². The quantitative estimate of drug-likeness (QED) is 0.746. The number of nitrogens with zero attached hydrogens (tertiary/aromatic N) is 5. The molecular formula is C18H19N5. The molecule has 1 saturated carbocycles. The zero-order chi connectivity index (χ0) is 15.4. The maximum Gasteiger partial charge on any atom is 0.203 e. The lowest BCUT2D eigenvalue weighted by atomic mass is 10.1. The Morgan fingerprint density at radius 1 is 1.13 bits per heavy atom. The summed E-state index contributed by atoms with van der Waals surface area (Å²) in [6, 6.07) is 9.09. The van der Waals surface area contributed by atoms with Crippen molar-refractivity contribution in [3.8, 4) is 0 Å². The highest BCUT2D eigenvalue weighted by molar-refractivity contribution is 5.65. The molecule has 3 aromatic rings. The summed E-state index contributed by atoms with van der Waals surface area (Å²) in [5.41, 5.74) is 3.75. The predicted octanol–water partition coefficient (Wildman–Crippen LogP) is 3.13. The van der Waals surface area contributed by atoms with E-state index in [0.717, 1.165) is 30.1 Å². The van der Waals surface area contributed by atoms with Crippen molar-refractivity contribution in [1.29, 1.82) is 0 Å². The van der Waals surface area contributed by atoms with E-state index < -0.39 is 0 Å². The topological polar surface area (TPSA) is 46.3 Å². The van der Waals surface area contributed by atoms with Crippen LogP contribution in [-0.2, 0) is 6.42 Å². The van der Waals surface area contributed by atoms with Gasteiger partial charge in [0.2, 0.25) is 5.65 Å². The summed E-state index contributed by atoms with van der Waals surface area (Å²) >= 11 is 0. The molecule has 0 amide bonds. The Morgan fingerprint density at radius 2 is 2.00 bits per heavy atom. The van der Waals surface area contributed by atoms with E-state index in [1.165, 1.54) is 24.0 Å². The summed E-state index contributed by atoms with van der Waals surface area (Å²) in [6.45, 7) is 0. The van der Waals surface area contributed by atoms with Crippen molar-refractivity contribution in [3.05, 3.63) is 53.6 Å². The van der Waals surface area contributed by atoms with Gasteiger partial charge in [-0.1, -0.05) is 24.3 Å². The van der Waals surface area contributed by atoms with Crippen LogP contribution in [0.1, 0.15) is 48.2 Å². The monoisotopic (exact) mass is 305 g/mol. The molecule has 1 fully saturated rings. The Bertz CT molecular complexity index is 880. The molecule has 116 valence electrons. The average molecular weight is 305 g/mol. The molecule has 5 nitrogen and oxygen atoms in total. The minimum atomic E-state index is 0.367. The normalized spacial score (nSPS) is 20.0. The van der Waals surface area contributed by atoms with E-state index in [-0.39, 0.29) is 0 Å². The van der Waals surface area contributed by atoms with Crippen LogP contribution in [0.2, 0.25) is 0 Å². The number of fused-ring (bicyclic) bond motifs is 2. The second kappa shape index (κ2) is 4.78. The number of aryl methyl sites for hydroxylation is 1. The van der Waals surface area contributed by atoms with Gasteiger partial charge in [0, 0.05) is 25.4 Å². The molecule has 2 aromatic heterocycles. The first kappa shape index (κ1) is 13.0. The van der Waals surface area contributed by atoms with Gasteiger partial charge < -0.3 is 4.90 Å². The van der Waals surface area contributed by atoms with Crippen LogP contribution in [-0.4, -0.2) is 26.6 Å². The molecule has 5 rings (SSSR count). The van der Waals surface area contributed by atoms with E-state index in [2.05, 4.69) is 55.8 Å². The van der Waals surface area contributed by atoms with Crippen LogP contribution in [0.25, 0.3) is 5.65 Å². The molecule has 2 aliphatic rings. The summed E-state index contributed by atoms with van der Waals surface area (Å²) in [7, 11) is 2.13. The van der Waals surface area contributed by atoms with Crippen molar-refractivity contribution in [2.24, 2.45) is 0 Å². The van der Waals surface area contributed by atoms with Crippen LogP contribution in [0.4, 0.5) is 5.82 Å². The smallest absolute Gasteiger partial charge is 0.203 e. The fourth-order valence-electron chi connectivity index (χ4n) is 3.78. The van der Waals surface area contributed by atoms with E-state index in [0.29, 0.717) is 12.0 Å². The minimum absolute atomic E-state index is 0.367. The number of anilines is 1. The van der Waals surface area contributed by atoms with E-state index >= 15 is 0 Å². The van der Waals surface area contributed by atoms with Crippen LogP contribution in [0.3, 0.4) is 0 Å². The molecule has 1 unspecified atom stereocenters. The van der Waals surface area contributed by atoms with Gasteiger partial charge in [0.25, 0.3) is 0 Å². The third-order valence-corrected chi connectivity index (χ3v) is 5.18. The van der Waals surface area contributed by atoms with Crippen molar-refractivity contribution in [3.63, 3.8) is 0 Å². The third-order valence-electron chi connectivity index (χ3n) is 5.18. The summed E-state index contributed by atoms with van der Waals surface area (Å²) in [4.78, 5) is 6.89. The zero-order valence-electron chi connectivity index (χ0n) is 13.2. The maximum atomic E-state index is 4.62. The van der Waals surface area contributed by atoms with Crippen LogP contribution in [0.5, 0.6) is 0 Å². The van der Waals surface area contributed by atoms with Crippen LogP contribution in [0.15, 0.2) is 36.7 Å². The predicted molar refractivity (Wildman–Crippen MR) is 88.7 cm³/mol. The van der Waals surface area contributed by atoms with Gasteiger partial charge >= 0.3 is 0 Å². The summed E-state index contributed by atoms with van der Waals surface area (Å²) < 4.78 is 2.12. The molecule has 0 saturated heterocycles. The largest absolute Gasteiger partial charge is 0.349 e. The van der Waals surface area contributed by atoms with Crippen molar-refractivity contribution in [2.45, 2.75) is 37.6 Å². The first-order valence-electron chi connectivity index (χ1n) is 8.33. The molecule has 2 heterocycles. The molecule has 0 aliphatic heterocycles. The van der Waals surface area contributed by atoms with Gasteiger partial charge in [-0.15, -0.1) is 10.2 Å². The van der Waals surface area contributed by atoms with E-state index in [1.807, 2.05) is 12.4 Å². The maximum absolute atomic E-state index is 4.62. The lowest BCUT2D eigenvalue weighted by Gasteiger charge is -2.26. The Labute approximate surface area is 135 Å². The van der Waals surface area contributed by atoms with Gasteiger partial charge in [0.1, 0.15) is 5.82 Å². The third kappa shape index (κ3) is 1.96. The second-order valence-electron chi connectivity index (χ2n) is 6.64. The number of hydrogen-bond acceptors (Lipinski definition) is 4. The number of benzene rings is 1. The van der Waals surface area contributed by atoms with Crippen LogP contribution >= 0.6 is 0 Å². The average Bonchev–Trinajstić information content (AvgIpc) is 3.20. The second-order valence-corrected chi connectivity index (χ2v) is 6.64. The fraction of sp³-hybridized carbons (Fsp3) is 0.389. The highest BCUT2D eigenvalue weighted by Gasteiger charge is 2.31. The van der Waals surface area contributed by atoms with Crippen molar-refractivity contribution in [1.82, 2.24) is 19.6 Å². The standard InChI is InChI=1S/C18H19N5/c1-22(15-9-8-12-4-2-3-5-14(12)15)17-18-21-20-16(13-6-7-13)23(18)11-10-19-17/h2-5,10-11,13,15H,6-9H2,1H3. The summed E-state index contributed by atoms with van der Waals surface area (Å²) in [5, 5.41) is 8.85. The molecule has 2 aliphatic carbocycles. The van der Waals surface area contributed by atoms with Crippen molar-refractivity contribution < 1.29 is 0 Å². The first-order chi connectivity index (χ1) is 11.3. The minimum Gasteiger partial charge on any atom is -0.349 e. The lowest BCUT2D eigenvalue weighted by molar-refractivity contribution is 0.655. The number of hydrogen-bond donors (Lipinski definition) is 0. The molecule has 1 atom stereocenters. The number of aromatic nitrogens is 4. The number of rotatable bonds is 3. The molecule has 5 heteroatoms. The SMILES string of the molecule is CN(c1nccn2c(C3CC3)nnc12)C1CCc2ccccc21. The molecule has 0 radical (unpaired) electrons. The zero-order valence-corrected chi connectivity index (χ0v) is 13.2. The summed E-state index contributed by atoms with van der Waals surface area (Å²) in [6.07, 6.45) is 8.57. The molecule has 23 heavy (non-hydrogen) atoms. The molecule has 1 aromatic carbocycles. The molecule has 0 spiro atoms. The Morgan fingerprint density at radius 3 is 2.87 bits per heavy atom.